The number of hydrogen-bond acceptors (Lipinski definition) is 1. The van der Waals surface area contributed by atoms with Crippen LogP contribution in [-0.2, 0) is 26.3 Å². The first-order valence-corrected chi connectivity index (χ1v) is 2.35. The van der Waals surface area contributed by atoms with E-state index in [2.05, 4.69) is 0 Å². The summed E-state index contributed by atoms with van der Waals surface area (Å²) in [5.74, 6) is 0. The van der Waals surface area contributed by atoms with Crippen molar-refractivity contribution >= 4 is 7.82 Å². The Kier molecular flexibility index (Phi) is 4.83. The van der Waals surface area contributed by atoms with Crippen molar-refractivity contribution in [3.63, 3.8) is 0 Å². The van der Waals surface area contributed by atoms with Crippen LogP contribution in [0.4, 0.5) is 0 Å². The fourth-order valence-electron chi connectivity index (χ4n) is 0. The van der Waals surface area contributed by atoms with E-state index in [1.807, 2.05) is 0 Å². The van der Waals surface area contributed by atoms with Crippen LogP contribution in [0.1, 0.15) is 0 Å². The molecule has 0 atom stereocenters. The predicted octanol–water partition coefficient (Wildman–Crippen LogP) is -0.931. The normalized spacial score (nSPS) is 9.83. The van der Waals surface area contributed by atoms with E-state index in [1.54, 1.807) is 0 Å². The third-order valence-electron chi connectivity index (χ3n) is 0. The molecular weight excluding hydrogens is 143 g/mol. The first kappa shape index (κ1) is 9.95. The van der Waals surface area contributed by atoms with E-state index in [4.69, 9.17) is 19.2 Å². The van der Waals surface area contributed by atoms with Crippen molar-refractivity contribution < 1.29 is 41.0 Å². The molecule has 0 unspecified atom stereocenters. The molecule has 0 aromatic carbocycles. The van der Waals surface area contributed by atoms with Crippen LogP contribution in [0.25, 0.3) is 0 Å². The third-order valence-corrected chi connectivity index (χ3v) is 0. The first-order valence-electron chi connectivity index (χ1n) is 0.783. The van der Waals surface area contributed by atoms with Gasteiger partial charge < -0.3 is 14.7 Å². The van der Waals surface area contributed by atoms with Crippen molar-refractivity contribution in [3.05, 3.63) is 0 Å². The summed E-state index contributed by atoms with van der Waals surface area (Å²) in [5.41, 5.74) is 0. The summed E-state index contributed by atoms with van der Waals surface area (Å²) in [5, 5.41) is 0. The molecule has 4 nitrogen and oxygen atoms in total. The minimum atomic E-state index is -4.64. The van der Waals surface area contributed by atoms with Crippen LogP contribution < -0.4 is 0 Å². The van der Waals surface area contributed by atoms with E-state index < -0.39 is 7.82 Å². The Morgan fingerprint density at radius 2 is 1.17 bits per heavy atom. The maximum absolute atomic E-state index is 8.88. The van der Waals surface area contributed by atoms with Gasteiger partial charge in [0.15, 0.2) is 0 Å². The second kappa shape index (κ2) is 2.91. The summed E-state index contributed by atoms with van der Waals surface area (Å²) in [4.78, 5) is 21.6. The topological polar surface area (TPSA) is 77.8 Å². The molecule has 0 fully saturated rings. The van der Waals surface area contributed by atoms with E-state index in [9.17, 15) is 0 Å². The Bertz CT molecular complexity index is 53.7. The zero-order valence-electron chi connectivity index (χ0n) is 2.70. The third kappa shape index (κ3) is 104. The van der Waals surface area contributed by atoms with Gasteiger partial charge in [-0.25, -0.2) is 4.57 Å². The largest absolute Gasteiger partial charge is 0.466 e. The maximum Gasteiger partial charge on any atom is 0.466 e. The zero-order chi connectivity index (χ0) is 4.50. The van der Waals surface area contributed by atoms with Gasteiger partial charge in [0, 0.05) is 21.7 Å². The van der Waals surface area contributed by atoms with Gasteiger partial charge in [-0.3, -0.25) is 0 Å². The Morgan fingerprint density at radius 1 is 1.17 bits per heavy atom. The Balaban J connectivity index is 0. The van der Waals surface area contributed by atoms with Crippen molar-refractivity contribution in [3.8, 4) is 0 Å². The van der Waals surface area contributed by atoms with E-state index in [1.165, 1.54) is 0 Å². The molecular formula is H3O4PTi. The van der Waals surface area contributed by atoms with Gasteiger partial charge >= 0.3 is 7.82 Å². The molecule has 36 valence electrons. The van der Waals surface area contributed by atoms with E-state index in [-0.39, 0.29) is 21.7 Å². The van der Waals surface area contributed by atoms with Gasteiger partial charge in [0.05, 0.1) is 0 Å². The van der Waals surface area contributed by atoms with E-state index in [0.29, 0.717) is 0 Å². The van der Waals surface area contributed by atoms with Crippen LogP contribution in [0.2, 0.25) is 0 Å². The smallest absolute Gasteiger partial charge is 0.303 e. The van der Waals surface area contributed by atoms with Gasteiger partial charge in [0.2, 0.25) is 0 Å². The van der Waals surface area contributed by atoms with E-state index in [0.717, 1.165) is 0 Å². The van der Waals surface area contributed by atoms with Gasteiger partial charge in [-0.15, -0.1) is 0 Å². The number of hydrogen-bond donors (Lipinski definition) is 3. The van der Waals surface area contributed by atoms with Crippen molar-refractivity contribution in [2.24, 2.45) is 0 Å². The molecule has 0 aromatic heterocycles. The molecule has 6 heteroatoms. The number of rotatable bonds is 0. The van der Waals surface area contributed by atoms with Crippen molar-refractivity contribution in [1.29, 1.82) is 0 Å². The summed E-state index contributed by atoms with van der Waals surface area (Å²) >= 11 is 0. The molecule has 0 saturated heterocycles. The van der Waals surface area contributed by atoms with E-state index >= 15 is 0 Å². The van der Waals surface area contributed by atoms with Gasteiger partial charge in [-0.2, -0.15) is 0 Å². The molecule has 0 bridgehead atoms. The minimum Gasteiger partial charge on any atom is -0.303 e. The molecule has 0 aromatic rings. The molecule has 3 N–H and O–H groups in total. The second-order valence-electron chi connectivity index (χ2n) is 0.513. The summed E-state index contributed by atoms with van der Waals surface area (Å²) in [6, 6.07) is 0. The fraction of sp³-hybridized carbons (Fsp3) is 0. The summed E-state index contributed by atoms with van der Waals surface area (Å²) < 4.78 is 8.88. The standard InChI is InChI=1S/H3O4P.Ti/c1-5(2,3)4;/h(H3,1,2,3,4);. The van der Waals surface area contributed by atoms with Crippen molar-refractivity contribution in [2.75, 3.05) is 0 Å². The Morgan fingerprint density at radius 3 is 1.17 bits per heavy atom. The second-order valence-corrected chi connectivity index (χ2v) is 1.54. The molecule has 6 heavy (non-hydrogen) atoms. The molecule has 0 aliphatic rings. The first-order chi connectivity index (χ1) is 2.00. The van der Waals surface area contributed by atoms with Gasteiger partial charge in [-0.05, 0) is 0 Å². The molecule has 0 saturated carbocycles. The fourth-order valence-corrected chi connectivity index (χ4v) is 0. The van der Waals surface area contributed by atoms with Crippen LogP contribution in [0, 0.1) is 0 Å². The summed E-state index contributed by atoms with van der Waals surface area (Å²) in [6.07, 6.45) is 0. The van der Waals surface area contributed by atoms with Crippen molar-refractivity contribution in [1.82, 2.24) is 0 Å². The summed E-state index contributed by atoms with van der Waals surface area (Å²) in [6.45, 7) is 0. The summed E-state index contributed by atoms with van der Waals surface area (Å²) in [7, 11) is -4.64. The van der Waals surface area contributed by atoms with Crippen molar-refractivity contribution in [2.45, 2.75) is 0 Å². The Hall–Kier alpha value is 0.824. The molecule has 0 aliphatic carbocycles. The quantitative estimate of drug-likeness (QED) is 0.304. The van der Waals surface area contributed by atoms with Crippen LogP contribution in [0.15, 0.2) is 0 Å². The zero-order valence-corrected chi connectivity index (χ0v) is 5.15. The average Bonchev–Trinajstić information content (AvgIpc) is 0.722. The monoisotopic (exact) mass is 146 g/mol. The number of phosphoric acid groups is 1. The Labute approximate surface area is 49.3 Å². The van der Waals surface area contributed by atoms with Gasteiger partial charge in [0.1, 0.15) is 0 Å². The van der Waals surface area contributed by atoms with Gasteiger partial charge in [-0.1, -0.05) is 0 Å². The minimum absolute atomic E-state index is 0. The molecule has 0 aliphatic heterocycles. The molecule has 0 rings (SSSR count). The maximum atomic E-state index is 8.88. The van der Waals surface area contributed by atoms with Crippen LogP contribution >= 0.6 is 7.82 Å². The van der Waals surface area contributed by atoms with Gasteiger partial charge in [0.25, 0.3) is 0 Å². The van der Waals surface area contributed by atoms with Crippen LogP contribution in [0.5, 0.6) is 0 Å². The SMILES string of the molecule is O=P(O)(O)O.[Ti]. The molecule has 0 spiro atoms. The predicted molar refractivity (Wildman–Crippen MR) is 14.3 cm³/mol. The molecule has 0 radical (unpaired) electrons. The molecule has 0 heterocycles. The van der Waals surface area contributed by atoms with Crippen LogP contribution in [-0.4, -0.2) is 14.7 Å². The average molecular weight is 146 g/mol. The molecule has 0 amide bonds. The van der Waals surface area contributed by atoms with Crippen LogP contribution in [0.3, 0.4) is 0 Å².